The highest BCUT2D eigenvalue weighted by atomic mass is 16.5. The third-order valence-corrected chi connectivity index (χ3v) is 4.15. The van der Waals surface area contributed by atoms with Gasteiger partial charge in [0.2, 0.25) is 0 Å². The molecular weight excluding hydrogens is 286 g/mol. The molecule has 122 valence electrons. The second kappa shape index (κ2) is 7.32. The lowest BCUT2D eigenvalue weighted by atomic mass is 10.1. The summed E-state index contributed by atoms with van der Waals surface area (Å²) in [7, 11) is 0. The van der Waals surface area contributed by atoms with E-state index in [1.807, 2.05) is 50.2 Å². The van der Waals surface area contributed by atoms with E-state index in [4.69, 9.17) is 4.74 Å². The van der Waals surface area contributed by atoms with Crippen LogP contribution in [-0.2, 0) is 11.2 Å². The highest BCUT2D eigenvalue weighted by molar-refractivity contribution is 5.95. The Bertz CT molecular complexity index is 707. The van der Waals surface area contributed by atoms with Crippen molar-refractivity contribution in [2.75, 3.05) is 5.32 Å². The van der Waals surface area contributed by atoms with Crippen LogP contribution in [0.2, 0.25) is 0 Å². The first-order chi connectivity index (χ1) is 10.9. The van der Waals surface area contributed by atoms with E-state index in [0.29, 0.717) is 0 Å². The largest absolute Gasteiger partial charge is 0.481 e. The zero-order valence-electron chi connectivity index (χ0n) is 14.6. The maximum absolute atomic E-state index is 12.5. The number of nitrogens with one attached hydrogen (secondary N) is 1. The van der Waals surface area contributed by atoms with Crippen molar-refractivity contribution in [2.45, 2.75) is 47.1 Å². The van der Waals surface area contributed by atoms with Crippen molar-refractivity contribution in [3.8, 4) is 5.75 Å². The number of ether oxygens (including phenoxy) is 1. The fourth-order valence-corrected chi connectivity index (χ4v) is 2.47. The molecule has 1 N–H and O–H groups in total. The molecule has 0 aromatic heterocycles. The highest BCUT2D eigenvalue weighted by Crippen LogP contribution is 2.22. The summed E-state index contributed by atoms with van der Waals surface area (Å²) < 4.78 is 5.79. The fourth-order valence-electron chi connectivity index (χ4n) is 2.47. The summed E-state index contributed by atoms with van der Waals surface area (Å²) in [6, 6.07) is 11.9. The maximum atomic E-state index is 12.5. The third kappa shape index (κ3) is 4.13. The van der Waals surface area contributed by atoms with Gasteiger partial charge < -0.3 is 10.1 Å². The lowest BCUT2D eigenvalue weighted by Gasteiger charge is -2.18. The maximum Gasteiger partial charge on any atom is 0.265 e. The van der Waals surface area contributed by atoms with Gasteiger partial charge in [0, 0.05) is 5.69 Å². The number of rotatable bonds is 5. The van der Waals surface area contributed by atoms with E-state index in [-0.39, 0.29) is 5.91 Å². The van der Waals surface area contributed by atoms with Gasteiger partial charge in [-0.2, -0.15) is 0 Å². The molecule has 1 atom stereocenters. The topological polar surface area (TPSA) is 38.3 Å². The number of hydrogen-bond donors (Lipinski definition) is 1. The molecule has 1 unspecified atom stereocenters. The summed E-state index contributed by atoms with van der Waals surface area (Å²) >= 11 is 0. The molecule has 2 aromatic rings. The summed E-state index contributed by atoms with van der Waals surface area (Å²) in [5.41, 5.74) is 5.47. The minimum Gasteiger partial charge on any atom is -0.481 e. The Labute approximate surface area is 138 Å². The van der Waals surface area contributed by atoms with Gasteiger partial charge in [0.15, 0.2) is 6.10 Å². The monoisotopic (exact) mass is 311 g/mol. The normalized spacial score (nSPS) is 11.9. The van der Waals surface area contributed by atoms with Gasteiger partial charge >= 0.3 is 0 Å². The molecule has 2 aromatic carbocycles. The van der Waals surface area contributed by atoms with E-state index in [1.165, 1.54) is 5.56 Å². The average Bonchev–Trinajstić information content (AvgIpc) is 2.52. The molecule has 0 heterocycles. The lowest BCUT2D eigenvalue weighted by Crippen LogP contribution is -2.30. The van der Waals surface area contributed by atoms with Crippen molar-refractivity contribution in [3.05, 3.63) is 58.7 Å². The van der Waals surface area contributed by atoms with E-state index in [2.05, 4.69) is 19.2 Å². The van der Waals surface area contributed by atoms with Gasteiger partial charge in [-0.15, -0.1) is 0 Å². The molecule has 23 heavy (non-hydrogen) atoms. The first kappa shape index (κ1) is 17.1. The Balaban J connectivity index is 2.10. The molecule has 2 rings (SSSR count). The Hall–Kier alpha value is -2.29. The average molecular weight is 311 g/mol. The van der Waals surface area contributed by atoms with Crippen molar-refractivity contribution in [3.63, 3.8) is 0 Å². The summed E-state index contributed by atoms with van der Waals surface area (Å²) in [6.45, 7) is 9.95. The molecular formula is C20H25NO2. The number of para-hydroxylation sites is 1. The van der Waals surface area contributed by atoms with Gasteiger partial charge in [-0.25, -0.2) is 0 Å². The second-order valence-electron chi connectivity index (χ2n) is 5.96. The molecule has 0 saturated heterocycles. The Morgan fingerprint density at radius 3 is 2.48 bits per heavy atom. The van der Waals surface area contributed by atoms with Crippen molar-refractivity contribution in [1.82, 2.24) is 0 Å². The summed E-state index contributed by atoms with van der Waals surface area (Å²) in [5, 5.41) is 3.01. The van der Waals surface area contributed by atoms with E-state index in [9.17, 15) is 4.79 Å². The number of hydrogen-bond acceptors (Lipinski definition) is 2. The number of amides is 1. The van der Waals surface area contributed by atoms with Crippen molar-refractivity contribution in [2.24, 2.45) is 0 Å². The zero-order chi connectivity index (χ0) is 17.0. The molecule has 0 bridgehead atoms. The molecule has 0 aliphatic carbocycles. The lowest BCUT2D eigenvalue weighted by molar-refractivity contribution is -0.122. The summed E-state index contributed by atoms with van der Waals surface area (Å²) in [4.78, 5) is 12.5. The van der Waals surface area contributed by atoms with E-state index in [0.717, 1.165) is 34.5 Å². The van der Waals surface area contributed by atoms with E-state index < -0.39 is 6.10 Å². The first-order valence-electron chi connectivity index (χ1n) is 8.05. The van der Waals surface area contributed by atoms with Crippen LogP contribution in [-0.4, -0.2) is 12.0 Å². The fraction of sp³-hybridized carbons (Fsp3) is 0.350. The quantitative estimate of drug-likeness (QED) is 0.877. The molecule has 0 aliphatic rings. The standard InChI is InChI=1S/C20H25NO2/c1-6-17-9-7-8-14(3)19(17)21-20(22)16(5)23-18-11-10-13(2)15(4)12-18/h7-12,16H,6H2,1-5H3,(H,21,22). The predicted octanol–water partition coefficient (Wildman–Crippen LogP) is 4.58. The molecule has 0 aliphatic heterocycles. The SMILES string of the molecule is CCc1cccc(C)c1NC(=O)C(C)Oc1ccc(C)c(C)c1. The van der Waals surface area contributed by atoms with Crippen molar-refractivity contribution in [1.29, 1.82) is 0 Å². The Morgan fingerprint density at radius 2 is 1.83 bits per heavy atom. The predicted molar refractivity (Wildman–Crippen MR) is 95.2 cm³/mol. The first-order valence-corrected chi connectivity index (χ1v) is 8.05. The minimum atomic E-state index is -0.554. The summed E-state index contributed by atoms with van der Waals surface area (Å²) in [5.74, 6) is 0.587. The van der Waals surface area contributed by atoms with E-state index in [1.54, 1.807) is 6.92 Å². The highest BCUT2D eigenvalue weighted by Gasteiger charge is 2.17. The van der Waals surface area contributed by atoms with Crippen LogP contribution in [0.25, 0.3) is 0 Å². The number of anilines is 1. The molecule has 0 saturated carbocycles. The number of benzene rings is 2. The van der Waals surface area contributed by atoms with Crippen LogP contribution >= 0.6 is 0 Å². The molecule has 3 nitrogen and oxygen atoms in total. The molecule has 0 spiro atoms. The van der Waals surface area contributed by atoms with Crippen LogP contribution < -0.4 is 10.1 Å². The summed E-state index contributed by atoms with van der Waals surface area (Å²) in [6.07, 6.45) is 0.324. The number of carbonyl (C=O) groups is 1. The smallest absolute Gasteiger partial charge is 0.265 e. The van der Waals surface area contributed by atoms with Crippen LogP contribution in [0.4, 0.5) is 5.69 Å². The van der Waals surface area contributed by atoms with Crippen LogP contribution in [0.5, 0.6) is 5.75 Å². The third-order valence-electron chi connectivity index (χ3n) is 4.15. The van der Waals surface area contributed by atoms with Crippen molar-refractivity contribution < 1.29 is 9.53 Å². The van der Waals surface area contributed by atoms with Gasteiger partial charge in [0.25, 0.3) is 5.91 Å². The minimum absolute atomic E-state index is 0.132. The van der Waals surface area contributed by atoms with E-state index >= 15 is 0 Å². The van der Waals surface area contributed by atoms with Crippen LogP contribution in [0.15, 0.2) is 36.4 Å². The molecule has 0 fully saturated rings. The van der Waals surface area contributed by atoms with Crippen LogP contribution in [0, 0.1) is 20.8 Å². The van der Waals surface area contributed by atoms with Gasteiger partial charge in [0.05, 0.1) is 0 Å². The van der Waals surface area contributed by atoms with Crippen molar-refractivity contribution >= 4 is 11.6 Å². The Morgan fingerprint density at radius 1 is 1.09 bits per heavy atom. The van der Waals surface area contributed by atoms with Gasteiger partial charge in [-0.3, -0.25) is 4.79 Å². The van der Waals surface area contributed by atoms with Crippen LogP contribution in [0.1, 0.15) is 36.1 Å². The molecule has 1 amide bonds. The van der Waals surface area contributed by atoms with Gasteiger partial charge in [0.1, 0.15) is 5.75 Å². The van der Waals surface area contributed by atoms with Gasteiger partial charge in [-0.1, -0.05) is 31.2 Å². The Kier molecular flexibility index (Phi) is 5.43. The molecule has 0 radical (unpaired) electrons. The van der Waals surface area contributed by atoms with Crippen LogP contribution in [0.3, 0.4) is 0 Å². The van der Waals surface area contributed by atoms with Gasteiger partial charge in [-0.05, 0) is 68.5 Å². The number of aryl methyl sites for hydroxylation is 4. The molecule has 3 heteroatoms. The zero-order valence-corrected chi connectivity index (χ0v) is 14.6. The second-order valence-corrected chi connectivity index (χ2v) is 5.96. The number of carbonyl (C=O) groups excluding carboxylic acids is 1.